The van der Waals surface area contributed by atoms with Crippen LogP contribution >= 0.6 is 35.3 Å². The van der Waals surface area contributed by atoms with Gasteiger partial charge in [0.15, 0.2) is 5.13 Å². The third-order valence-electron chi connectivity index (χ3n) is 5.10. The van der Waals surface area contributed by atoms with Gasteiger partial charge < -0.3 is 18.8 Å². The van der Waals surface area contributed by atoms with Gasteiger partial charge >= 0.3 is 0 Å². The van der Waals surface area contributed by atoms with Crippen molar-refractivity contribution in [2.24, 2.45) is 0 Å². The lowest BCUT2D eigenvalue weighted by Gasteiger charge is -2.21. The van der Waals surface area contributed by atoms with Crippen LogP contribution in [0, 0.1) is 0 Å². The highest BCUT2D eigenvalue weighted by Gasteiger charge is 2.24. The Hall–Kier alpha value is -3.01. The molecule has 0 fully saturated rings. The summed E-state index contributed by atoms with van der Waals surface area (Å²) < 4.78 is 18.9. The molecule has 0 saturated heterocycles. The fourth-order valence-corrected chi connectivity index (χ4v) is 4.70. The summed E-state index contributed by atoms with van der Waals surface area (Å²) in [5, 5.41) is 1.09. The monoisotopic (exact) mass is 522 g/mol. The Labute approximate surface area is 212 Å². The smallest absolute Gasteiger partial charge is 0.260 e. The number of anilines is 1. The van der Waals surface area contributed by atoms with Gasteiger partial charge in [-0.25, -0.2) is 9.97 Å². The van der Waals surface area contributed by atoms with Crippen LogP contribution in [0.25, 0.3) is 10.2 Å². The minimum atomic E-state index is -0.216. The summed E-state index contributed by atoms with van der Waals surface area (Å²) in [5.74, 6) is 1.45. The number of halogens is 2. The Morgan fingerprint density at radius 1 is 1.12 bits per heavy atom. The number of methoxy groups -OCH3 is 3. The molecule has 0 aliphatic rings. The van der Waals surface area contributed by atoms with Gasteiger partial charge in [0.2, 0.25) is 0 Å². The maximum Gasteiger partial charge on any atom is 0.260 e. The van der Waals surface area contributed by atoms with Gasteiger partial charge in [0, 0.05) is 37.1 Å². The lowest BCUT2D eigenvalue weighted by atomic mass is 10.1. The van der Waals surface area contributed by atoms with Crippen molar-refractivity contribution in [3.8, 4) is 17.2 Å². The first kappa shape index (κ1) is 25.6. The molecule has 180 valence electrons. The molecule has 11 heteroatoms. The number of imidazole rings is 1. The fraction of sp³-hybridized carbons (Fsp3) is 0.261. The molecule has 0 aliphatic heterocycles. The van der Waals surface area contributed by atoms with Crippen molar-refractivity contribution >= 4 is 56.6 Å². The van der Waals surface area contributed by atoms with Crippen LogP contribution in [0.15, 0.2) is 49.1 Å². The largest absolute Gasteiger partial charge is 0.497 e. The molecule has 34 heavy (non-hydrogen) atoms. The molecule has 4 aromatic rings. The summed E-state index contributed by atoms with van der Waals surface area (Å²) in [7, 11) is 4.68. The van der Waals surface area contributed by atoms with Crippen molar-refractivity contribution in [3.63, 3.8) is 0 Å². The molecule has 0 bridgehead atoms. The Kier molecular flexibility index (Phi) is 8.60. The summed E-state index contributed by atoms with van der Waals surface area (Å²) in [6.07, 6.45) is 6.07. The molecule has 2 aromatic heterocycles. The molecular weight excluding hydrogens is 499 g/mol. The number of thiazole rings is 1. The Bertz CT molecular complexity index is 1240. The zero-order valence-electron chi connectivity index (χ0n) is 18.9. The quantitative estimate of drug-likeness (QED) is 0.295. The van der Waals surface area contributed by atoms with Crippen LogP contribution in [0.1, 0.15) is 16.8 Å². The predicted octanol–water partition coefficient (Wildman–Crippen LogP) is 5.33. The number of rotatable bonds is 9. The minimum Gasteiger partial charge on any atom is -0.497 e. The molecule has 2 aromatic carbocycles. The summed E-state index contributed by atoms with van der Waals surface area (Å²) in [6, 6.07) is 8.64. The first-order valence-electron chi connectivity index (χ1n) is 10.2. The SMILES string of the molecule is COc1cc(OC)cc(C(=O)N(CCCn2ccnc2)c2nc3c(OC)ccc(Cl)c3s2)c1.Cl. The van der Waals surface area contributed by atoms with E-state index in [2.05, 4.69) is 4.98 Å². The van der Waals surface area contributed by atoms with E-state index in [0.29, 0.717) is 58.0 Å². The van der Waals surface area contributed by atoms with Gasteiger partial charge in [-0.3, -0.25) is 9.69 Å². The normalized spacial score (nSPS) is 10.6. The molecule has 0 radical (unpaired) electrons. The number of aromatic nitrogens is 3. The molecule has 0 unspecified atom stereocenters. The topological polar surface area (TPSA) is 78.7 Å². The molecule has 0 N–H and O–H groups in total. The number of hydrogen-bond donors (Lipinski definition) is 0. The maximum absolute atomic E-state index is 13.7. The number of carbonyl (C=O) groups is 1. The molecule has 0 spiro atoms. The average Bonchev–Trinajstić information content (AvgIpc) is 3.52. The minimum absolute atomic E-state index is 0. The van der Waals surface area contributed by atoms with E-state index in [1.54, 1.807) is 69.1 Å². The van der Waals surface area contributed by atoms with Crippen molar-refractivity contribution < 1.29 is 19.0 Å². The van der Waals surface area contributed by atoms with E-state index < -0.39 is 0 Å². The highest BCUT2D eigenvalue weighted by molar-refractivity contribution is 7.23. The van der Waals surface area contributed by atoms with Crippen LogP contribution in [-0.2, 0) is 6.54 Å². The average molecular weight is 523 g/mol. The number of carbonyl (C=O) groups excluding carboxylic acids is 1. The standard InChI is InChI=1S/C23H23ClN4O4S.ClH/c1-30-16-11-15(12-17(13-16)31-2)22(29)28(9-4-8-27-10-7-25-14-27)23-26-20-19(32-3)6-5-18(24)21(20)33-23;/h5-7,10-14H,4,8-9H2,1-3H3;1H. The van der Waals surface area contributed by atoms with Gasteiger partial charge in [0.05, 0.1) is 37.4 Å². The second-order valence-electron chi connectivity index (χ2n) is 7.14. The summed E-state index contributed by atoms with van der Waals surface area (Å²) in [4.78, 5) is 24.1. The van der Waals surface area contributed by atoms with E-state index in [4.69, 9.17) is 30.8 Å². The second-order valence-corrected chi connectivity index (χ2v) is 8.52. The van der Waals surface area contributed by atoms with Crippen molar-refractivity contribution in [1.29, 1.82) is 0 Å². The highest BCUT2D eigenvalue weighted by Crippen LogP contribution is 2.39. The van der Waals surface area contributed by atoms with E-state index in [1.807, 2.05) is 10.8 Å². The first-order chi connectivity index (χ1) is 16.0. The molecule has 0 aliphatic carbocycles. The third-order valence-corrected chi connectivity index (χ3v) is 6.64. The van der Waals surface area contributed by atoms with E-state index >= 15 is 0 Å². The van der Waals surface area contributed by atoms with Crippen molar-refractivity contribution in [2.45, 2.75) is 13.0 Å². The van der Waals surface area contributed by atoms with Gasteiger partial charge in [-0.1, -0.05) is 22.9 Å². The molecule has 8 nitrogen and oxygen atoms in total. The van der Waals surface area contributed by atoms with Gasteiger partial charge in [0.25, 0.3) is 5.91 Å². The Morgan fingerprint density at radius 2 is 1.85 bits per heavy atom. The van der Waals surface area contributed by atoms with Gasteiger partial charge in [-0.05, 0) is 30.7 Å². The number of benzene rings is 2. The number of aryl methyl sites for hydroxylation is 1. The van der Waals surface area contributed by atoms with Gasteiger partial charge in [0.1, 0.15) is 22.8 Å². The molecule has 0 saturated carbocycles. The number of hydrogen-bond acceptors (Lipinski definition) is 7. The molecule has 1 amide bonds. The van der Waals surface area contributed by atoms with Crippen LogP contribution in [-0.4, -0.2) is 48.3 Å². The van der Waals surface area contributed by atoms with Crippen LogP contribution in [0.3, 0.4) is 0 Å². The summed E-state index contributed by atoms with van der Waals surface area (Å²) in [6.45, 7) is 1.15. The van der Waals surface area contributed by atoms with Crippen LogP contribution in [0.2, 0.25) is 5.02 Å². The fourth-order valence-electron chi connectivity index (χ4n) is 3.42. The van der Waals surface area contributed by atoms with E-state index in [-0.39, 0.29) is 18.3 Å². The number of nitrogens with zero attached hydrogens (tertiary/aromatic N) is 4. The second kappa shape index (κ2) is 11.4. The first-order valence-corrected chi connectivity index (χ1v) is 11.4. The van der Waals surface area contributed by atoms with Crippen LogP contribution in [0.4, 0.5) is 5.13 Å². The lowest BCUT2D eigenvalue weighted by molar-refractivity contribution is 0.0985. The highest BCUT2D eigenvalue weighted by atomic mass is 35.5. The molecular formula is C23H24Cl2N4O4S. The Morgan fingerprint density at radius 3 is 2.47 bits per heavy atom. The van der Waals surface area contributed by atoms with Crippen molar-refractivity contribution in [2.75, 3.05) is 32.8 Å². The Balaban J connectivity index is 0.00000324. The van der Waals surface area contributed by atoms with Gasteiger partial charge in [-0.15, -0.1) is 12.4 Å². The third kappa shape index (κ3) is 5.38. The van der Waals surface area contributed by atoms with Crippen LogP contribution in [0.5, 0.6) is 17.2 Å². The van der Waals surface area contributed by atoms with Gasteiger partial charge in [-0.2, -0.15) is 0 Å². The number of fused-ring (bicyclic) bond motifs is 1. The number of amides is 1. The van der Waals surface area contributed by atoms with E-state index in [1.165, 1.54) is 11.3 Å². The predicted molar refractivity (Wildman–Crippen MR) is 136 cm³/mol. The number of ether oxygens (including phenoxy) is 3. The van der Waals surface area contributed by atoms with E-state index in [0.717, 1.165) is 4.70 Å². The molecule has 4 rings (SSSR count). The van der Waals surface area contributed by atoms with Crippen LogP contribution < -0.4 is 19.1 Å². The molecule has 2 heterocycles. The van der Waals surface area contributed by atoms with Crippen molar-refractivity contribution in [3.05, 3.63) is 59.6 Å². The van der Waals surface area contributed by atoms with E-state index in [9.17, 15) is 4.79 Å². The lowest BCUT2D eigenvalue weighted by Crippen LogP contribution is -2.32. The van der Waals surface area contributed by atoms with Crippen molar-refractivity contribution in [1.82, 2.24) is 14.5 Å². The maximum atomic E-state index is 13.7. The summed E-state index contributed by atoms with van der Waals surface area (Å²) in [5.41, 5.74) is 1.06. The summed E-state index contributed by atoms with van der Waals surface area (Å²) >= 11 is 7.77. The zero-order valence-corrected chi connectivity index (χ0v) is 21.2. The molecule has 0 atom stereocenters. The zero-order chi connectivity index (χ0) is 23.4.